The number of nitrogens with zero attached hydrogens (tertiary/aromatic N) is 1. The third kappa shape index (κ3) is 3.53. The van der Waals surface area contributed by atoms with E-state index in [2.05, 4.69) is 23.5 Å². The second-order valence-corrected chi connectivity index (χ2v) is 8.74. The van der Waals surface area contributed by atoms with Crippen LogP contribution in [0.5, 0.6) is 5.75 Å². The Balaban J connectivity index is 1.89. The number of rotatable bonds is 4. The van der Waals surface area contributed by atoms with Gasteiger partial charge in [0.1, 0.15) is 17.3 Å². The summed E-state index contributed by atoms with van der Waals surface area (Å²) in [5.41, 5.74) is 0.905. The highest BCUT2D eigenvalue weighted by Gasteiger charge is 2.30. The number of fused-ring (bicyclic) bond motifs is 1. The van der Waals surface area contributed by atoms with Crippen molar-refractivity contribution in [2.45, 2.75) is 50.1 Å². The molecule has 24 heavy (non-hydrogen) atoms. The third-order valence-electron chi connectivity index (χ3n) is 4.65. The molecule has 0 saturated carbocycles. The molecule has 134 valence electrons. The van der Waals surface area contributed by atoms with E-state index in [-0.39, 0.29) is 23.6 Å². The predicted molar refractivity (Wildman–Crippen MR) is 93.0 cm³/mol. The van der Waals surface area contributed by atoms with Gasteiger partial charge in [0.2, 0.25) is 10.0 Å². The summed E-state index contributed by atoms with van der Waals surface area (Å²) < 4.78 is 33.8. The molecule has 2 aliphatic heterocycles. The molecule has 2 heterocycles. The van der Waals surface area contributed by atoms with Gasteiger partial charge in [-0.2, -0.15) is 0 Å². The molecule has 2 aliphatic rings. The van der Waals surface area contributed by atoms with Crippen molar-refractivity contribution in [1.82, 2.24) is 4.72 Å². The summed E-state index contributed by atoms with van der Waals surface area (Å²) in [6.07, 6.45) is 2.71. The minimum Gasteiger partial charge on any atom is -0.490 e. The van der Waals surface area contributed by atoms with Crippen LogP contribution in [0.25, 0.3) is 0 Å². The lowest BCUT2D eigenvalue weighted by Gasteiger charge is -2.26. The highest BCUT2D eigenvalue weighted by Crippen LogP contribution is 2.34. The zero-order valence-electron chi connectivity index (χ0n) is 14.2. The maximum absolute atomic E-state index is 12.6. The van der Waals surface area contributed by atoms with Crippen LogP contribution in [0.1, 0.15) is 33.1 Å². The molecule has 2 atom stereocenters. The molecule has 7 heteroatoms. The number of anilines is 1. The van der Waals surface area contributed by atoms with Crippen LogP contribution in [-0.2, 0) is 10.0 Å². The number of hydrogen-bond acceptors (Lipinski definition) is 5. The fraction of sp³-hybridized carbons (Fsp3) is 0.647. The van der Waals surface area contributed by atoms with Crippen LogP contribution < -0.4 is 14.4 Å². The van der Waals surface area contributed by atoms with Crippen LogP contribution in [0.15, 0.2) is 23.1 Å². The maximum Gasteiger partial charge on any atom is 0.244 e. The minimum absolute atomic E-state index is 0.0947. The number of ether oxygens (including phenoxy) is 1. The van der Waals surface area contributed by atoms with E-state index in [1.807, 2.05) is 0 Å². The van der Waals surface area contributed by atoms with E-state index in [0.717, 1.165) is 31.5 Å². The zero-order chi connectivity index (χ0) is 17.3. The van der Waals surface area contributed by atoms with Crippen molar-refractivity contribution >= 4 is 15.7 Å². The fourth-order valence-corrected chi connectivity index (χ4v) is 4.93. The smallest absolute Gasteiger partial charge is 0.244 e. The normalized spacial score (nSPS) is 26.1. The van der Waals surface area contributed by atoms with Gasteiger partial charge in [0, 0.05) is 18.3 Å². The third-order valence-corrected chi connectivity index (χ3v) is 6.21. The first-order valence-electron chi connectivity index (χ1n) is 8.57. The Hall–Kier alpha value is -1.31. The number of aliphatic hydroxyl groups excluding tert-OH is 1. The Morgan fingerprint density at radius 1 is 1.42 bits per heavy atom. The van der Waals surface area contributed by atoms with Crippen molar-refractivity contribution in [1.29, 1.82) is 0 Å². The van der Waals surface area contributed by atoms with E-state index >= 15 is 0 Å². The largest absolute Gasteiger partial charge is 0.490 e. The predicted octanol–water partition coefficient (Wildman–Crippen LogP) is 1.73. The summed E-state index contributed by atoms with van der Waals surface area (Å²) in [5.74, 6) is 0.780. The number of nitrogens with one attached hydrogen (secondary N) is 1. The first kappa shape index (κ1) is 17.5. The molecule has 0 unspecified atom stereocenters. The topological polar surface area (TPSA) is 78.9 Å². The van der Waals surface area contributed by atoms with Gasteiger partial charge in [-0.1, -0.05) is 13.8 Å². The summed E-state index contributed by atoms with van der Waals surface area (Å²) in [7, 11) is -3.58. The van der Waals surface area contributed by atoms with Crippen molar-refractivity contribution in [2.75, 3.05) is 24.7 Å². The van der Waals surface area contributed by atoms with Gasteiger partial charge in [0.15, 0.2) is 0 Å². The van der Waals surface area contributed by atoms with Gasteiger partial charge < -0.3 is 14.7 Å². The Kier molecular flexibility index (Phi) is 5.03. The van der Waals surface area contributed by atoms with Crippen LogP contribution >= 0.6 is 0 Å². The minimum atomic E-state index is -3.58. The lowest BCUT2D eigenvalue weighted by Crippen LogP contribution is -2.37. The van der Waals surface area contributed by atoms with E-state index in [1.54, 1.807) is 18.2 Å². The fourth-order valence-electron chi connectivity index (χ4n) is 3.57. The molecule has 1 aromatic carbocycles. The Morgan fingerprint density at radius 3 is 2.92 bits per heavy atom. The van der Waals surface area contributed by atoms with E-state index in [0.29, 0.717) is 18.3 Å². The molecule has 3 rings (SSSR count). The summed E-state index contributed by atoms with van der Waals surface area (Å²) in [4.78, 5) is 2.32. The second kappa shape index (κ2) is 6.90. The highest BCUT2D eigenvalue weighted by atomic mass is 32.2. The molecule has 2 N–H and O–H groups in total. The highest BCUT2D eigenvalue weighted by molar-refractivity contribution is 7.89. The van der Waals surface area contributed by atoms with Crippen LogP contribution in [-0.4, -0.2) is 45.4 Å². The number of hydrogen-bond donors (Lipinski definition) is 2. The molecule has 1 aromatic rings. The quantitative estimate of drug-likeness (QED) is 0.861. The van der Waals surface area contributed by atoms with Crippen molar-refractivity contribution in [2.24, 2.45) is 5.92 Å². The van der Waals surface area contributed by atoms with Crippen LogP contribution in [0.3, 0.4) is 0 Å². The van der Waals surface area contributed by atoms with Crippen molar-refractivity contribution in [3.8, 4) is 5.75 Å². The average molecular weight is 354 g/mol. The molecule has 1 fully saturated rings. The zero-order valence-corrected chi connectivity index (χ0v) is 15.1. The Labute approximate surface area is 143 Å². The van der Waals surface area contributed by atoms with Gasteiger partial charge in [-0.3, -0.25) is 0 Å². The van der Waals surface area contributed by atoms with Crippen molar-refractivity contribution in [3.05, 3.63) is 18.2 Å². The number of sulfonamides is 1. The SMILES string of the molecule is CC(C)C[C@@H]1COc2cc(N3CCC[C@H]3CO)ccc2S(=O)(=O)N1. The first-order valence-corrected chi connectivity index (χ1v) is 10.1. The van der Waals surface area contributed by atoms with E-state index < -0.39 is 10.0 Å². The lowest BCUT2D eigenvalue weighted by atomic mass is 10.1. The lowest BCUT2D eigenvalue weighted by molar-refractivity contribution is 0.261. The van der Waals surface area contributed by atoms with Gasteiger partial charge >= 0.3 is 0 Å². The second-order valence-electron chi connectivity index (χ2n) is 7.06. The summed E-state index contributed by atoms with van der Waals surface area (Å²) >= 11 is 0. The van der Waals surface area contributed by atoms with Gasteiger partial charge in [0.25, 0.3) is 0 Å². The maximum atomic E-state index is 12.6. The number of aliphatic hydroxyl groups is 1. The molecule has 0 aromatic heterocycles. The molecular formula is C17H26N2O4S. The van der Waals surface area contributed by atoms with Crippen molar-refractivity contribution < 1.29 is 18.3 Å². The van der Waals surface area contributed by atoms with Gasteiger partial charge in [-0.15, -0.1) is 0 Å². The standard InChI is InChI=1S/C17H26N2O4S/c1-12(2)8-13-11-23-16-9-14(19-7-3-4-15(19)10-20)5-6-17(16)24(21,22)18-13/h5-6,9,12-13,15,18,20H,3-4,7-8,10-11H2,1-2H3/t13-,15+/m1/s1. The summed E-state index contributed by atoms with van der Waals surface area (Å²) in [6.45, 7) is 5.43. The van der Waals surface area contributed by atoms with E-state index in [9.17, 15) is 13.5 Å². The van der Waals surface area contributed by atoms with Gasteiger partial charge in [0.05, 0.1) is 18.7 Å². The molecule has 0 bridgehead atoms. The summed E-state index contributed by atoms with van der Waals surface area (Å²) in [5, 5.41) is 9.50. The van der Waals surface area contributed by atoms with Crippen molar-refractivity contribution in [3.63, 3.8) is 0 Å². The van der Waals surface area contributed by atoms with Crippen LogP contribution in [0, 0.1) is 5.92 Å². The Bertz CT molecular complexity index is 690. The molecule has 0 aliphatic carbocycles. The van der Waals surface area contributed by atoms with Crippen LogP contribution in [0.2, 0.25) is 0 Å². The first-order chi connectivity index (χ1) is 11.4. The molecular weight excluding hydrogens is 328 g/mol. The molecule has 6 nitrogen and oxygen atoms in total. The van der Waals surface area contributed by atoms with E-state index in [1.165, 1.54) is 0 Å². The molecule has 0 spiro atoms. The Morgan fingerprint density at radius 2 is 2.21 bits per heavy atom. The monoisotopic (exact) mass is 354 g/mol. The van der Waals surface area contributed by atoms with Gasteiger partial charge in [-0.05, 0) is 37.3 Å². The van der Waals surface area contributed by atoms with E-state index in [4.69, 9.17) is 4.74 Å². The average Bonchev–Trinajstić information content (AvgIpc) is 2.95. The number of benzene rings is 1. The molecule has 0 radical (unpaired) electrons. The molecule has 0 amide bonds. The van der Waals surface area contributed by atoms with Crippen LogP contribution in [0.4, 0.5) is 5.69 Å². The molecule has 1 saturated heterocycles. The summed E-state index contributed by atoms with van der Waals surface area (Å²) in [6, 6.07) is 5.08. The van der Waals surface area contributed by atoms with Gasteiger partial charge in [-0.25, -0.2) is 13.1 Å².